The van der Waals surface area contributed by atoms with E-state index < -0.39 is 0 Å². The van der Waals surface area contributed by atoms with Crippen LogP contribution in [-0.4, -0.2) is 0 Å². The minimum Gasteiger partial charge on any atom is -0.0648 e. The van der Waals surface area contributed by atoms with Gasteiger partial charge in [0.2, 0.25) is 0 Å². The second-order valence-electron chi connectivity index (χ2n) is 4.24. The van der Waals surface area contributed by atoms with Gasteiger partial charge in [0.1, 0.15) is 0 Å². The highest BCUT2D eigenvalue weighted by Crippen LogP contribution is 2.28. The minimum atomic E-state index is 0.696. The van der Waals surface area contributed by atoms with Crippen LogP contribution in [0.5, 0.6) is 0 Å². The second kappa shape index (κ2) is 4.63. The van der Waals surface area contributed by atoms with Crippen LogP contribution in [0.15, 0.2) is 12.1 Å². The average Bonchev–Trinajstić information content (AvgIpc) is 2.18. The standard InChI is InChI=1S/C14H22/c1-6-10(3)14-11(4)8-9-13(7-2)12(14)5/h8-10H,6-7H2,1-5H3. The molecule has 0 nitrogen and oxygen atoms in total. The van der Waals surface area contributed by atoms with Gasteiger partial charge in [-0.3, -0.25) is 0 Å². The Hall–Kier alpha value is -0.780. The summed E-state index contributed by atoms with van der Waals surface area (Å²) in [6.45, 7) is 11.3. The predicted molar refractivity (Wildman–Crippen MR) is 64.0 cm³/mol. The van der Waals surface area contributed by atoms with Crippen LogP contribution in [0.4, 0.5) is 0 Å². The molecule has 0 fully saturated rings. The molecule has 0 heteroatoms. The van der Waals surface area contributed by atoms with Crippen LogP contribution in [0, 0.1) is 13.8 Å². The lowest BCUT2D eigenvalue weighted by Crippen LogP contribution is -2.01. The summed E-state index contributed by atoms with van der Waals surface area (Å²) in [5.41, 5.74) is 6.05. The molecule has 0 bridgehead atoms. The first-order valence-corrected chi connectivity index (χ1v) is 5.70. The van der Waals surface area contributed by atoms with E-state index in [9.17, 15) is 0 Å². The SMILES string of the molecule is CCc1ccc(C)c(C(C)CC)c1C. The Morgan fingerprint density at radius 3 is 2.29 bits per heavy atom. The molecular weight excluding hydrogens is 168 g/mol. The summed E-state index contributed by atoms with van der Waals surface area (Å²) >= 11 is 0. The molecule has 1 unspecified atom stereocenters. The molecule has 0 spiro atoms. The Morgan fingerprint density at radius 1 is 1.14 bits per heavy atom. The maximum atomic E-state index is 2.33. The van der Waals surface area contributed by atoms with Crippen molar-refractivity contribution in [1.29, 1.82) is 0 Å². The molecule has 0 saturated heterocycles. The van der Waals surface area contributed by atoms with E-state index in [4.69, 9.17) is 0 Å². The Bertz CT molecular complexity index is 310. The Kier molecular flexibility index (Phi) is 3.74. The van der Waals surface area contributed by atoms with Gasteiger partial charge in [-0.1, -0.05) is 32.9 Å². The normalized spacial score (nSPS) is 12.9. The summed E-state index contributed by atoms with van der Waals surface area (Å²) in [6, 6.07) is 4.55. The number of rotatable bonds is 3. The third kappa shape index (κ3) is 2.00. The van der Waals surface area contributed by atoms with E-state index in [1.165, 1.54) is 23.1 Å². The number of benzene rings is 1. The molecule has 0 aliphatic heterocycles. The van der Waals surface area contributed by atoms with Gasteiger partial charge in [-0.15, -0.1) is 0 Å². The maximum Gasteiger partial charge on any atom is -0.0188 e. The van der Waals surface area contributed by atoms with Gasteiger partial charge in [-0.2, -0.15) is 0 Å². The Labute approximate surface area is 88.4 Å². The summed E-state index contributed by atoms with van der Waals surface area (Å²) < 4.78 is 0. The van der Waals surface area contributed by atoms with Crippen molar-refractivity contribution in [2.45, 2.75) is 53.4 Å². The third-order valence-electron chi connectivity index (χ3n) is 3.33. The minimum absolute atomic E-state index is 0.696. The van der Waals surface area contributed by atoms with Crippen molar-refractivity contribution in [3.8, 4) is 0 Å². The van der Waals surface area contributed by atoms with Crippen molar-refractivity contribution in [2.24, 2.45) is 0 Å². The van der Waals surface area contributed by atoms with Crippen LogP contribution >= 0.6 is 0 Å². The Balaban J connectivity index is 3.25. The number of hydrogen-bond donors (Lipinski definition) is 0. The molecule has 1 atom stereocenters. The summed E-state index contributed by atoms with van der Waals surface area (Å²) in [5, 5.41) is 0. The van der Waals surface area contributed by atoms with Gasteiger partial charge in [0.05, 0.1) is 0 Å². The first kappa shape index (κ1) is 11.3. The van der Waals surface area contributed by atoms with E-state index >= 15 is 0 Å². The zero-order valence-electron chi connectivity index (χ0n) is 10.1. The largest absolute Gasteiger partial charge is 0.0648 e. The maximum absolute atomic E-state index is 2.33. The lowest BCUT2D eigenvalue weighted by molar-refractivity contribution is 0.720. The molecule has 0 aliphatic rings. The van der Waals surface area contributed by atoms with Crippen LogP contribution < -0.4 is 0 Å². The fourth-order valence-corrected chi connectivity index (χ4v) is 2.25. The van der Waals surface area contributed by atoms with Gasteiger partial charge >= 0.3 is 0 Å². The number of aryl methyl sites for hydroxylation is 2. The molecule has 0 radical (unpaired) electrons. The van der Waals surface area contributed by atoms with Crippen molar-refractivity contribution in [1.82, 2.24) is 0 Å². The van der Waals surface area contributed by atoms with Crippen molar-refractivity contribution < 1.29 is 0 Å². The highest BCUT2D eigenvalue weighted by Gasteiger charge is 2.11. The first-order chi connectivity index (χ1) is 6.61. The van der Waals surface area contributed by atoms with Crippen molar-refractivity contribution in [3.63, 3.8) is 0 Å². The van der Waals surface area contributed by atoms with E-state index in [0.29, 0.717) is 5.92 Å². The number of hydrogen-bond acceptors (Lipinski definition) is 0. The van der Waals surface area contributed by atoms with Crippen LogP contribution in [0.1, 0.15) is 55.4 Å². The van der Waals surface area contributed by atoms with Gasteiger partial charge in [-0.25, -0.2) is 0 Å². The van der Waals surface area contributed by atoms with E-state index in [1.807, 2.05) is 0 Å². The second-order valence-corrected chi connectivity index (χ2v) is 4.24. The zero-order valence-corrected chi connectivity index (χ0v) is 10.1. The highest BCUT2D eigenvalue weighted by atomic mass is 14.2. The molecule has 1 rings (SSSR count). The predicted octanol–water partition coefficient (Wildman–Crippen LogP) is 4.38. The summed E-state index contributed by atoms with van der Waals surface area (Å²) in [5.74, 6) is 0.696. The van der Waals surface area contributed by atoms with Crippen molar-refractivity contribution >= 4 is 0 Å². The lowest BCUT2D eigenvalue weighted by atomic mass is 9.87. The fourth-order valence-electron chi connectivity index (χ4n) is 2.25. The van der Waals surface area contributed by atoms with E-state index in [-0.39, 0.29) is 0 Å². The summed E-state index contributed by atoms with van der Waals surface area (Å²) in [7, 11) is 0. The average molecular weight is 190 g/mol. The molecule has 0 aromatic heterocycles. The van der Waals surface area contributed by atoms with E-state index in [1.54, 1.807) is 5.56 Å². The van der Waals surface area contributed by atoms with Gasteiger partial charge in [-0.05, 0) is 54.9 Å². The fraction of sp³-hybridized carbons (Fsp3) is 0.571. The molecule has 0 aliphatic carbocycles. The highest BCUT2D eigenvalue weighted by molar-refractivity contribution is 5.41. The quantitative estimate of drug-likeness (QED) is 0.663. The van der Waals surface area contributed by atoms with Crippen LogP contribution in [0.2, 0.25) is 0 Å². The van der Waals surface area contributed by atoms with E-state index in [0.717, 1.165) is 6.42 Å². The van der Waals surface area contributed by atoms with Crippen molar-refractivity contribution in [2.75, 3.05) is 0 Å². The molecule has 0 amide bonds. The molecule has 1 aromatic rings. The van der Waals surface area contributed by atoms with Crippen LogP contribution in [0.25, 0.3) is 0 Å². The smallest absolute Gasteiger partial charge is 0.0188 e. The molecule has 14 heavy (non-hydrogen) atoms. The topological polar surface area (TPSA) is 0 Å². The summed E-state index contributed by atoms with van der Waals surface area (Å²) in [4.78, 5) is 0. The van der Waals surface area contributed by atoms with Gasteiger partial charge in [0.25, 0.3) is 0 Å². The molecule has 0 saturated carbocycles. The van der Waals surface area contributed by atoms with Gasteiger partial charge in [0.15, 0.2) is 0 Å². The van der Waals surface area contributed by atoms with Gasteiger partial charge in [0, 0.05) is 0 Å². The molecule has 78 valence electrons. The molecule has 0 heterocycles. The van der Waals surface area contributed by atoms with Crippen LogP contribution in [0.3, 0.4) is 0 Å². The first-order valence-electron chi connectivity index (χ1n) is 5.70. The Morgan fingerprint density at radius 2 is 1.79 bits per heavy atom. The van der Waals surface area contributed by atoms with Crippen LogP contribution in [-0.2, 0) is 6.42 Å². The van der Waals surface area contributed by atoms with Crippen molar-refractivity contribution in [3.05, 3.63) is 34.4 Å². The van der Waals surface area contributed by atoms with Gasteiger partial charge < -0.3 is 0 Å². The lowest BCUT2D eigenvalue weighted by Gasteiger charge is -2.18. The summed E-state index contributed by atoms with van der Waals surface area (Å²) in [6.07, 6.45) is 2.38. The zero-order chi connectivity index (χ0) is 10.7. The molecular formula is C14H22. The molecule has 0 N–H and O–H groups in total. The monoisotopic (exact) mass is 190 g/mol. The molecule has 1 aromatic carbocycles. The van der Waals surface area contributed by atoms with E-state index in [2.05, 4.69) is 46.8 Å². The third-order valence-corrected chi connectivity index (χ3v) is 3.33.